The predicted octanol–water partition coefficient (Wildman–Crippen LogP) is -6.47. The summed E-state index contributed by atoms with van der Waals surface area (Å²) in [5.41, 5.74) is 0. The van der Waals surface area contributed by atoms with Crippen LogP contribution in [-0.2, 0) is 39.9 Å². The van der Waals surface area contributed by atoms with Crippen LogP contribution in [0.3, 0.4) is 0 Å². The van der Waals surface area contributed by atoms with Gasteiger partial charge in [-0.1, -0.05) is 0 Å². The summed E-state index contributed by atoms with van der Waals surface area (Å²) in [7, 11) is -6.77. The van der Waals surface area contributed by atoms with Crippen molar-refractivity contribution in [1.29, 1.82) is 0 Å². The van der Waals surface area contributed by atoms with Crippen LogP contribution in [0.1, 0.15) is 12.8 Å². The normalized spacial score (nSPS) is 18.1. The predicted molar refractivity (Wildman–Crippen MR) is 51.5 cm³/mol. The van der Waals surface area contributed by atoms with Crippen molar-refractivity contribution in [3.05, 3.63) is 0 Å². The number of hydrogen-bond donors (Lipinski definition) is 0. The second kappa shape index (κ2) is 10.8. The third-order valence-corrected chi connectivity index (χ3v) is 3.62. The van der Waals surface area contributed by atoms with E-state index < -0.39 is 17.5 Å². The molecule has 0 aromatic rings. The van der Waals surface area contributed by atoms with Gasteiger partial charge in [0, 0.05) is 11.5 Å². The molecule has 0 aromatic carbocycles. The minimum absolute atomic E-state index is 0. The first kappa shape index (κ1) is 23.1. The maximum absolute atomic E-state index is 10.4. The van der Waals surface area contributed by atoms with Gasteiger partial charge in [-0.2, -0.15) is 0 Å². The summed E-state index contributed by atoms with van der Waals surface area (Å²) in [6, 6.07) is 0. The molecule has 0 bridgehead atoms. The van der Waals surface area contributed by atoms with Gasteiger partial charge in [-0.3, -0.25) is 8.42 Å². The molecule has 0 N–H and O–H groups in total. The van der Waals surface area contributed by atoms with Crippen LogP contribution < -0.4 is 103 Å². The summed E-state index contributed by atoms with van der Waals surface area (Å²) < 4.78 is 41.6. The summed E-state index contributed by atoms with van der Waals surface area (Å²) in [6.45, 7) is 0. The van der Waals surface area contributed by atoms with E-state index in [0.717, 1.165) is 0 Å². The van der Waals surface area contributed by atoms with Crippen LogP contribution in [0.5, 0.6) is 0 Å². The molecule has 0 aliphatic heterocycles. The molecule has 0 heterocycles. The van der Waals surface area contributed by atoms with Crippen molar-refractivity contribution in [3.8, 4) is 0 Å². The van der Waals surface area contributed by atoms with Crippen molar-refractivity contribution < 1.29 is 120 Å². The van der Waals surface area contributed by atoms with E-state index in [2.05, 4.69) is 22.4 Å². The van der Waals surface area contributed by atoms with Gasteiger partial charge in [0.1, 0.15) is 0 Å². The van der Waals surface area contributed by atoms with Gasteiger partial charge in [-0.05, 0) is 52.8 Å². The maximum atomic E-state index is 10.4. The average Bonchev–Trinajstić information content (AvgIpc) is 1.76. The van der Waals surface area contributed by atoms with E-state index in [1.807, 2.05) is 0 Å². The Kier molecular flexibility index (Phi) is 17.8. The topological polar surface area (TPSA) is 80.3 Å². The molecule has 14 heavy (non-hydrogen) atoms. The molecule has 74 valence electrons. The average molecular weight is 327 g/mol. The first-order chi connectivity index (χ1) is 5.21. The molecule has 2 atom stereocenters. The monoisotopic (exact) mass is 326 g/mol. The molecule has 0 fully saturated rings. The Morgan fingerprint density at radius 1 is 0.857 bits per heavy atom. The summed E-state index contributed by atoms with van der Waals surface area (Å²) in [5, 5.41) is 0. The van der Waals surface area contributed by atoms with Gasteiger partial charge >= 0.3 is 103 Å². The summed E-state index contributed by atoms with van der Waals surface area (Å²) in [5.74, 6) is -0.319. The molecule has 0 aliphatic carbocycles. The zero-order valence-electron chi connectivity index (χ0n) is 8.09. The Morgan fingerprint density at radius 3 is 1.21 bits per heavy atom. The Bertz CT molecular complexity index is 287. The van der Waals surface area contributed by atoms with E-state index in [0.29, 0.717) is 0 Å². The molecular weight excluding hydrogens is 319 g/mol. The fourth-order valence-corrected chi connectivity index (χ4v) is 2.38. The van der Waals surface area contributed by atoms with E-state index in [4.69, 9.17) is 0 Å². The van der Waals surface area contributed by atoms with Gasteiger partial charge in [0.05, 0.1) is 0 Å². The molecule has 10 heteroatoms. The van der Waals surface area contributed by atoms with Crippen LogP contribution in [0.25, 0.3) is 0 Å². The second-order valence-electron chi connectivity index (χ2n) is 2.23. The fourth-order valence-electron chi connectivity index (χ4n) is 0.558. The van der Waals surface area contributed by atoms with E-state index >= 15 is 0 Å². The number of rotatable bonds is 5. The van der Waals surface area contributed by atoms with E-state index in [1.165, 1.54) is 0 Å². The van der Waals surface area contributed by atoms with Crippen LogP contribution in [-0.4, -0.2) is 29.0 Å². The van der Waals surface area contributed by atoms with Gasteiger partial charge in [0.2, 0.25) is 0 Å². The zero-order valence-corrected chi connectivity index (χ0v) is 17.6. The van der Waals surface area contributed by atoms with Crippen molar-refractivity contribution in [3.63, 3.8) is 0 Å². The van der Waals surface area contributed by atoms with Crippen LogP contribution in [0.15, 0.2) is 0 Å². The largest absolute Gasteiger partial charge is 1.00 e. The summed E-state index contributed by atoms with van der Waals surface area (Å²) >= 11 is 8.18. The molecule has 2 unspecified atom stereocenters. The van der Waals surface area contributed by atoms with Crippen molar-refractivity contribution >= 4 is 39.9 Å². The summed E-state index contributed by atoms with van der Waals surface area (Å²) in [6.07, 6.45) is 0.503. The van der Waals surface area contributed by atoms with Gasteiger partial charge in [-0.15, -0.1) is 0 Å². The molecular formula is C4H8K2O4S4. The van der Waals surface area contributed by atoms with Crippen molar-refractivity contribution in [2.24, 2.45) is 0 Å². The van der Waals surface area contributed by atoms with Gasteiger partial charge in [0.25, 0.3) is 0 Å². The second-order valence-corrected chi connectivity index (χ2v) is 8.33. The Balaban J connectivity index is -0.000000605. The third-order valence-electron chi connectivity index (χ3n) is 1.04. The van der Waals surface area contributed by atoms with Crippen molar-refractivity contribution in [1.82, 2.24) is 0 Å². The van der Waals surface area contributed by atoms with Crippen molar-refractivity contribution in [2.75, 3.05) is 11.5 Å². The molecule has 0 rings (SSSR count). The Labute approximate surface area is 180 Å². The summed E-state index contributed by atoms with van der Waals surface area (Å²) in [4.78, 5) is 0. The molecule has 0 radical (unpaired) electrons. The number of unbranched alkanes of at least 4 members (excludes halogenated alkanes) is 1. The van der Waals surface area contributed by atoms with Gasteiger partial charge in [0.15, 0.2) is 0 Å². The molecule has 0 amide bonds. The number of hydrogen-bond acceptors (Lipinski definition) is 6. The molecule has 0 aliphatic rings. The van der Waals surface area contributed by atoms with Gasteiger partial charge in [-0.25, -0.2) is 0 Å². The molecule has 0 spiro atoms. The van der Waals surface area contributed by atoms with Crippen LogP contribution in [0.2, 0.25) is 0 Å². The minimum Gasteiger partial charge on any atom is -0.769 e. The quantitative estimate of drug-likeness (QED) is 0.369. The van der Waals surface area contributed by atoms with Crippen LogP contribution in [0.4, 0.5) is 0 Å². The van der Waals surface area contributed by atoms with Crippen LogP contribution >= 0.6 is 0 Å². The van der Waals surface area contributed by atoms with Crippen molar-refractivity contribution in [2.45, 2.75) is 12.8 Å². The van der Waals surface area contributed by atoms with Gasteiger partial charge < -0.3 is 9.11 Å². The maximum Gasteiger partial charge on any atom is 1.00 e. The Morgan fingerprint density at radius 2 is 1.07 bits per heavy atom. The molecule has 4 nitrogen and oxygen atoms in total. The zero-order chi connectivity index (χ0) is 9.83. The minimum atomic E-state index is -3.39. The van der Waals surface area contributed by atoms with E-state index in [9.17, 15) is 17.5 Å². The SMILES string of the molecule is O=S([O-])(=S)CCCCS(=O)([O-])=S.[K+].[K+]. The van der Waals surface area contributed by atoms with E-state index in [1.54, 1.807) is 0 Å². The molecule has 0 saturated heterocycles. The fraction of sp³-hybridized carbons (Fsp3) is 1.00. The first-order valence-electron chi connectivity index (χ1n) is 3.08. The standard InChI is InChI=1S/C4H10O4S4.2K/c5-11(6,9)3-1-2-4-12(7,8)10;;/h1-4H2,(H,5,6,9)(H,7,8,10);;/q;2*+1/p-2. The Hall–Kier alpha value is 3.93. The van der Waals surface area contributed by atoms with E-state index in [-0.39, 0.29) is 127 Å². The molecule has 0 saturated carbocycles. The molecule has 0 aromatic heterocycles. The van der Waals surface area contributed by atoms with Crippen LogP contribution in [0, 0.1) is 0 Å². The third kappa shape index (κ3) is 21.2. The first-order valence-corrected chi connectivity index (χ1v) is 8.23. The smallest absolute Gasteiger partial charge is 0.769 e.